The second kappa shape index (κ2) is 7.50. The van der Waals surface area contributed by atoms with Crippen LogP contribution < -0.4 is 0 Å². The van der Waals surface area contributed by atoms with Crippen molar-refractivity contribution >= 4 is 27.0 Å². The fourth-order valence-corrected chi connectivity index (χ4v) is 3.98. The third-order valence-electron chi connectivity index (χ3n) is 5.11. The van der Waals surface area contributed by atoms with E-state index in [2.05, 4.69) is 37.7 Å². The maximum absolute atomic E-state index is 15.3. The predicted octanol–water partition coefficient (Wildman–Crippen LogP) is 2.88. The summed E-state index contributed by atoms with van der Waals surface area (Å²) in [7, 11) is 0. The zero-order valence-corrected chi connectivity index (χ0v) is 17.4. The number of benzene rings is 1. The second-order valence-corrected chi connectivity index (χ2v) is 8.09. The maximum Gasteiger partial charge on any atom is 0.181 e. The molecule has 1 aromatic carbocycles. The number of halogens is 2. The summed E-state index contributed by atoms with van der Waals surface area (Å²) in [6.07, 6.45) is -0.593. The Bertz CT molecular complexity index is 1140. The fraction of sp³-hybridized carbons (Fsp3) is 0.333. The first kappa shape index (κ1) is 20.0. The molecule has 0 spiro atoms. The minimum atomic E-state index is -2.12. The largest absolute Gasteiger partial charge is 0.394 e. The summed E-state index contributed by atoms with van der Waals surface area (Å²) in [4.78, 5) is 8.54. The fourth-order valence-electron chi connectivity index (χ4n) is 3.58. The molecule has 29 heavy (non-hydrogen) atoms. The Kier molecular flexibility index (Phi) is 5.17. The molecule has 8 heteroatoms. The first-order chi connectivity index (χ1) is 13.8. The topological polar surface area (TPSA) is 80.4 Å². The highest BCUT2D eigenvalue weighted by atomic mass is 79.9. The number of hydrogen-bond acceptors (Lipinski definition) is 5. The predicted molar refractivity (Wildman–Crippen MR) is 109 cm³/mol. The van der Waals surface area contributed by atoms with Crippen molar-refractivity contribution in [1.29, 1.82) is 0 Å². The van der Waals surface area contributed by atoms with Crippen molar-refractivity contribution < 1.29 is 19.3 Å². The van der Waals surface area contributed by atoms with Gasteiger partial charge in [0.1, 0.15) is 24.2 Å². The van der Waals surface area contributed by atoms with Crippen molar-refractivity contribution in [2.75, 3.05) is 6.61 Å². The average molecular weight is 460 g/mol. The van der Waals surface area contributed by atoms with Gasteiger partial charge in [0, 0.05) is 16.2 Å². The summed E-state index contributed by atoms with van der Waals surface area (Å²) >= 11 is 3.42. The lowest BCUT2D eigenvalue weighted by atomic mass is 9.98. The SMILES string of the molecule is Cc1ncnc2c1c(C#Cc1cccc(Br)c1)cn2[C@@H]1O[C@H](CO)[C@@H](O)[C@@]1(C)F. The van der Waals surface area contributed by atoms with Crippen molar-refractivity contribution in [2.45, 2.75) is 38.0 Å². The smallest absolute Gasteiger partial charge is 0.181 e. The van der Waals surface area contributed by atoms with Gasteiger partial charge >= 0.3 is 0 Å². The van der Waals surface area contributed by atoms with Gasteiger partial charge in [-0.15, -0.1) is 0 Å². The van der Waals surface area contributed by atoms with Crippen LogP contribution in [0.25, 0.3) is 11.0 Å². The van der Waals surface area contributed by atoms with Crippen molar-refractivity contribution in [2.24, 2.45) is 0 Å². The summed E-state index contributed by atoms with van der Waals surface area (Å²) in [5.74, 6) is 6.22. The molecular weight excluding hydrogens is 441 g/mol. The second-order valence-electron chi connectivity index (χ2n) is 7.17. The third kappa shape index (κ3) is 3.45. The van der Waals surface area contributed by atoms with Gasteiger partial charge in [-0.2, -0.15) is 0 Å². The van der Waals surface area contributed by atoms with E-state index in [1.165, 1.54) is 17.8 Å². The van der Waals surface area contributed by atoms with E-state index < -0.39 is 30.7 Å². The molecule has 0 radical (unpaired) electrons. The highest BCUT2D eigenvalue weighted by Crippen LogP contribution is 2.43. The normalized spacial score (nSPS) is 26.5. The summed E-state index contributed by atoms with van der Waals surface area (Å²) in [6, 6.07) is 7.60. The van der Waals surface area contributed by atoms with Gasteiger partial charge in [-0.05, 0) is 32.0 Å². The Hall–Kier alpha value is -2.31. The van der Waals surface area contributed by atoms with Crippen molar-refractivity contribution in [3.05, 3.63) is 58.1 Å². The number of hydrogen-bond donors (Lipinski definition) is 2. The third-order valence-corrected chi connectivity index (χ3v) is 5.61. The van der Waals surface area contributed by atoms with E-state index in [4.69, 9.17) is 4.74 Å². The molecule has 1 saturated heterocycles. The molecule has 150 valence electrons. The zero-order chi connectivity index (χ0) is 20.8. The molecule has 1 aliphatic heterocycles. The van der Waals surface area contributed by atoms with Crippen LogP contribution in [0.5, 0.6) is 0 Å². The highest BCUT2D eigenvalue weighted by Gasteiger charge is 2.55. The molecule has 0 saturated carbocycles. The van der Waals surface area contributed by atoms with Gasteiger partial charge in [-0.3, -0.25) is 0 Å². The number of ether oxygens (including phenoxy) is 1. The number of aliphatic hydroxyl groups is 2. The number of alkyl halides is 1. The molecule has 1 fully saturated rings. The Morgan fingerprint density at radius 3 is 2.83 bits per heavy atom. The quantitative estimate of drug-likeness (QED) is 0.575. The van der Waals surface area contributed by atoms with Gasteiger partial charge in [0.05, 0.1) is 23.3 Å². The molecule has 0 aliphatic carbocycles. The Labute approximate surface area is 175 Å². The number of aliphatic hydroxyl groups excluding tert-OH is 2. The van der Waals surface area contributed by atoms with Crippen LogP contribution in [0.15, 0.2) is 41.3 Å². The van der Waals surface area contributed by atoms with Crippen LogP contribution in [0.3, 0.4) is 0 Å². The van der Waals surface area contributed by atoms with Crippen LogP contribution >= 0.6 is 15.9 Å². The standard InChI is InChI=1S/C21H19BrFN3O3/c1-12-17-14(7-6-13-4-3-5-15(22)8-13)9-26(19(17)25-11-24-12)20-21(2,23)18(28)16(10-27)29-20/h3-5,8-9,11,16,18,20,27-28H,10H2,1-2H3/t16-,18-,20-,21-/m1/s1. The molecule has 2 aromatic heterocycles. The molecular formula is C21H19BrFN3O3. The van der Waals surface area contributed by atoms with Crippen LogP contribution in [0.4, 0.5) is 4.39 Å². The minimum Gasteiger partial charge on any atom is -0.394 e. The number of aromatic nitrogens is 3. The van der Waals surface area contributed by atoms with E-state index in [9.17, 15) is 10.2 Å². The molecule has 0 amide bonds. The monoisotopic (exact) mass is 459 g/mol. The van der Waals surface area contributed by atoms with Crippen molar-refractivity contribution in [3.8, 4) is 11.8 Å². The first-order valence-corrected chi connectivity index (χ1v) is 9.85. The number of aryl methyl sites for hydroxylation is 1. The Morgan fingerprint density at radius 1 is 1.34 bits per heavy atom. The van der Waals surface area contributed by atoms with Crippen LogP contribution in [-0.2, 0) is 4.74 Å². The molecule has 3 heterocycles. The van der Waals surface area contributed by atoms with E-state index in [1.54, 1.807) is 6.20 Å². The number of fused-ring (bicyclic) bond motifs is 1. The minimum absolute atomic E-state index is 0.454. The van der Waals surface area contributed by atoms with Gasteiger partial charge in [-0.1, -0.05) is 33.8 Å². The molecule has 1 aliphatic rings. The van der Waals surface area contributed by atoms with Crippen molar-refractivity contribution in [3.63, 3.8) is 0 Å². The first-order valence-electron chi connectivity index (χ1n) is 9.06. The van der Waals surface area contributed by atoms with Crippen molar-refractivity contribution in [1.82, 2.24) is 14.5 Å². The molecule has 3 aromatic rings. The summed E-state index contributed by atoms with van der Waals surface area (Å²) in [5.41, 5.74) is 0.478. The lowest BCUT2D eigenvalue weighted by Crippen LogP contribution is -2.40. The number of rotatable bonds is 2. The van der Waals surface area contributed by atoms with Crippen LogP contribution in [0.2, 0.25) is 0 Å². The van der Waals surface area contributed by atoms with Crippen LogP contribution in [0, 0.1) is 18.8 Å². The van der Waals surface area contributed by atoms with E-state index in [0.29, 0.717) is 22.3 Å². The Balaban J connectivity index is 1.85. The van der Waals surface area contributed by atoms with E-state index in [1.807, 2.05) is 31.2 Å². The van der Waals surface area contributed by atoms with Crippen LogP contribution in [0.1, 0.15) is 30.0 Å². The highest BCUT2D eigenvalue weighted by molar-refractivity contribution is 9.10. The lowest BCUT2D eigenvalue weighted by molar-refractivity contribution is -0.0564. The van der Waals surface area contributed by atoms with E-state index in [0.717, 1.165) is 10.0 Å². The molecule has 0 bridgehead atoms. The van der Waals surface area contributed by atoms with Gasteiger partial charge < -0.3 is 19.5 Å². The number of nitrogens with zero attached hydrogens (tertiary/aromatic N) is 3. The average Bonchev–Trinajstić information content (AvgIpc) is 3.16. The molecule has 4 rings (SSSR count). The van der Waals surface area contributed by atoms with E-state index >= 15 is 4.39 Å². The maximum atomic E-state index is 15.3. The zero-order valence-electron chi connectivity index (χ0n) is 15.8. The van der Waals surface area contributed by atoms with Crippen LogP contribution in [-0.4, -0.2) is 49.2 Å². The summed E-state index contributed by atoms with van der Waals surface area (Å²) < 4.78 is 23.4. The molecule has 6 nitrogen and oxygen atoms in total. The lowest BCUT2D eigenvalue weighted by Gasteiger charge is -2.25. The summed E-state index contributed by atoms with van der Waals surface area (Å²) in [5, 5.41) is 20.3. The van der Waals surface area contributed by atoms with E-state index in [-0.39, 0.29) is 0 Å². The van der Waals surface area contributed by atoms with Gasteiger partial charge in [0.2, 0.25) is 0 Å². The van der Waals surface area contributed by atoms with Gasteiger partial charge in [0.25, 0.3) is 0 Å². The Morgan fingerprint density at radius 2 is 2.14 bits per heavy atom. The van der Waals surface area contributed by atoms with Gasteiger partial charge in [-0.25, -0.2) is 14.4 Å². The molecule has 4 atom stereocenters. The van der Waals surface area contributed by atoms with Gasteiger partial charge in [0.15, 0.2) is 11.9 Å². The molecule has 0 unspecified atom stereocenters. The summed E-state index contributed by atoms with van der Waals surface area (Å²) in [6.45, 7) is 2.60. The molecule has 2 N–H and O–H groups in total.